The lowest BCUT2D eigenvalue weighted by molar-refractivity contribution is 0.0635. The number of hydrogen-bond acceptors (Lipinski definition) is 8. The van der Waals surface area contributed by atoms with Crippen molar-refractivity contribution in [1.82, 2.24) is 30.0 Å². The Balaban J connectivity index is 1.41. The van der Waals surface area contributed by atoms with Crippen LogP contribution in [0, 0.1) is 0 Å². The molecule has 1 amide bonds. The molecule has 188 valence electrons. The first-order valence-electron chi connectivity index (χ1n) is 12.5. The van der Waals surface area contributed by atoms with E-state index in [1.54, 1.807) is 11.8 Å². The molecule has 2 aromatic carbocycles. The fourth-order valence-electron chi connectivity index (χ4n) is 5.64. The van der Waals surface area contributed by atoms with Gasteiger partial charge in [-0.3, -0.25) is 9.69 Å². The molecule has 0 N–H and O–H groups in total. The van der Waals surface area contributed by atoms with Crippen LogP contribution in [-0.4, -0.2) is 76.0 Å². The maximum absolute atomic E-state index is 13.3. The van der Waals surface area contributed by atoms with Gasteiger partial charge in [-0.2, -0.15) is 4.68 Å². The average Bonchev–Trinajstić information content (AvgIpc) is 3.57. The van der Waals surface area contributed by atoms with Crippen molar-refractivity contribution in [1.29, 1.82) is 0 Å². The maximum atomic E-state index is 13.3. The third-order valence-corrected chi connectivity index (χ3v) is 7.54. The Morgan fingerprint density at radius 3 is 2.89 bits per heavy atom. The number of hydrogen-bond donors (Lipinski definition) is 0. The predicted octanol–water partition coefficient (Wildman–Crippen LogP) is 2.99. The monoisotopic (exact) mass is 490 g/mol. The van der Waals surface area contributed by atoms with Gasteiger partial charge in [0.25, 0.3) is 5.91 Å². The van der Waals surface area contributed by atoms with Crippen molar-refractivity contribution in [2.75, 3.05) is 34.0 Å². The lowest BCUT2D eigenvalue weighted by atomic mass is 9.90. The van der Waals surface area contributed by atoms with Crippen LogP contribution < -0.4 is 14.2 Å². The van der Waals surface area contributed by atoms with Crippen LogP contribution in [0.1, 0.15) is 59.5 Å². The van der Waals surface area contributed by atoms with Gasteiger partial charge in [-0.05, 0) is 79.9 Å². The van der Waals surface area contributed by atoms with Gasteiger partial charge in [-0.15, -0.1) is 5.10 Å². The van der Waals surface area contributed by atoms with Crippen molar-refractivity contribution < 1.29 is 19.0 Å². The third kappa shape index (κ3) is 3.67. The van der Waals surface area contributed by atoms with Gasteiger partial charge in [0, 0.05) is 30.3 Å². The number of piperidine rings is 1. The average molecular weight is 491 g/mol. The summed E-state index contributed by atoms with van der Waals surface area (Å²) in [6, 6.07) is 9.57. The molecule has 3 aromatic rings. The van der Waals surface area contributed by atoms with Gasteiger partial charge in [-0.25, -0.2) is 0 Å². The molecule has 2 atom stereocenters. The smallest absolute Gasteiger partial charge is 0.254 e. The second-order valence-corrected chi connectivity index (χ2v) is 9.69. The zero-order valence-corrected chi connectivity index (χ0v) is 20.8. The number of amides is 1. The topological polar surface area (TPSA) is 94.8 Å². The quantitative estimate of drug-likeness (QED) is 0.551. The number of ether oxygens (including phenoxy) is 3. The zero-order chi connectivity index (χ0) is 24.8. The highest BCUT2D eigenvalue weighted by atomic mass is 16.7. The van der Waals surface area contributed by atoms with Crippen molar-refractivity contribution in [2.24, 2.45) is 0 Å². The molecule has 36 heavy (non-hydrogen) atoms. The molecule has 1 aromatic heterocycles. The Morgan fingerprint density at radius 2 is 2.06 bits per heavy atom. The molecule has 3 aliphatic heterocycles. The molecular weight excluding hydrogens is 460 g/mol. The lowest BCUT2D eigenvalue weighted by Gasteiger charge is -2.35. The number of benzene rings is 2. The standard InChI is InChI=1S/C26H30N6O4/c1-16-7-4-5-11-31(16)26(33)18-8-6-9-19(13-18)32-25(27-28-29-32)22-21-17(10-12-30(22)2)14-20-23(24(21)34-3)36-15-35-20/h6,8-9,13-14,16,22H,4-5,7,10-12,15H2,1-3H3/t16-,22-/m0/s1. The van der Waals surface area contributed by atoms with Gasteiger partial charge in [0.05, 0.1) is 12.8 Å². The van der Waals surface area contributed by atoms with Crippen LogP contribution in [0.25, 0.3) is 5.69 Å². The Hall–Kier alpha value is -3.66. The summed E-state index contributed by atoms with van der Waals surface area (Å²) in [7, 11) is 3.69. The number of nitrogens with zero attached hydrogens (tertiary/aromatic N) is 6. The van der Waals surface area contributed by atoms with Crippen molar-refractivity contribution in [2.45, 2.75) is 44.7 Å². The second-order valence-electron chi connectivity index (χ2n) is 9.69. The highest BCUT2D eigenvalue weighted by molar-refractivity contribution is 5.95. The summed E-state index contributed by atoms with van der Waals surface area (Å²) in [6.45, 7) is 3.90. The fraction of sp³-hybridized carbons (Fsp3) is 0.462. The first kappa shape index (κ1) is 22.8. The molecule has 3 aliphatic rings. The summed E-state index contributed by atoms with van der Waals surface area (Å²) >= 11 is 0. The summed E-state index contributed by atoms with van der Waals surface area (Å²) in [5.41, 5.74) is 3.48. The summed E-state index contributed by atoms with van der Waals surface area (Å²) in [6.07, 6.45) is 4.09. The normalized spacial score (nSPS) is 21.4. The highest BCUT2D eigenvalue weighted by Gasteiger charge is 2.38. The van der Waals surface area contributed by atoms with Gasteiger partial charge in [0.1, 0.15) is 6.04 Å². The summed E-state index contributed by atoms with van der Waals surface area (Å²) in [5.74, 6) is 2.65. The largest absolute Gasteiger partial charge is 0.492 e. The van der Waals surface area contributed by atoms with Crippen LogP contribution in [0.3, 0.4) is 0 Å². The predicted molar refractivity (Wildman–Crippen MR) is 131 cm³/mol. The minimum absolute atomic E-state index is 0.0492. The molecule has 1 fully saturated rings. The zero-order valence-electron chi connectivity index (χ0n) is 20.8. The summed E-state index contributed by atoms with van der Waals surface area (Å²) in [5, 5.41) is 12.8. The number of methoxy groups -OCH3 is 1. The SMILES string of the molecule is COc1c2c(cc3c1[C@@H](c1nnnn1-c1cccc(C(=O)N4CCCC[C@@H]4C)c1)N(C)CC3)OCO2. The minimum Gasteiger partial charge on any atom is -0.492 e. The number of tetrazole rings is 1. The summed E-state index contributed by atoms with van der Waals surface area (Å²) in [4.78, 5) is 17.5. The van der Waals surface area contributed by atoms with E-state index in [1.807, 2.05) is 42.3 Å². The molecule has 0 radical (unpaired) electrons. The van der Waals surface area contributed by atoms with Gasteiger partial charge in [-0.1, -0.05) is 6.07 Å². The van der Waals surface area contributed by atoms with E-state index in [2.05, 4.69) is 27.3 Å². The number of carbonyl (C=O) groups is 1. The van der Waals surface area contributed by atoms with E-state index in [0.29, 0.717) is 28.6 Å². The number of carbonyl (C=O) groups excluding carboxylic acids is 1. The van der Waals surface area contributed by atoms with Crippen LogP contribution in [0.2, 0.25) is 0 Å². The molecule has 0 aliphatic carbocycles. The Bertz CT molecular complexity index is 1310. The fourth-order valence-corrected chi connectivity index (χ4v) is 5.64. The lowest BCUT2D eigenvalue weighted by Crippen LogP contribution is -2.42. The van der Waals surface area contributed by atoms with E-state index in [0.717, 1.165) is 49.2 Å². The molecule has 4 heterocycles. The number of likely N-dealkylation sites (tertiary alicyclic amines) is 1. The van der Waals surface area contributed by atoms with Crippen LogP contribution >= 0.6 is 0 Å². The van der Waals surface area contributed by atoms with E-state index in [1.165, 1.54) is 6.42 Å². The van der Waals surface area contributed by atoms with Crippen molar-refractivity contribution in [3.63, 3.8) is 0 Å². The van der Waals surface area contributed by atoms with Gasteiger partial charge in [0.15, 0.2) is 17.3 Å². The van der Waals surface area contributed by atoms with Crippen molar-refractivity contribution in [3.8, 4) is 22.9 Å². The van der Waals surface area contributed by atoms with Gasteiger partial charge in [0.2, 0.25) is 12.5 Å². The van der Waals surface area contributed by atoms with Crippen molar-refractivity contribution in [3.05, 3.63) is 52.8 Å². The number of rotatable bonds is 4. The first-order chi connectivity index (χ1) is 17.6. The number of likely N-dealkylation sites (N-methyl/N-ethyl adjacent to an activating group) is 1. The molecule has 0 saturated carbocycles. The summed E-state index contributed by atoms with van der Waals surface area (Å²) < 4.78 is 19.0. The van der Waals surface area contributed by atoms with E-state index < -0.39 is 0 Å². The van der Waals surface area contributed by atoms with Crippen LogP contribution in [-0.2, 0) is 6.42 Å². The van der Waals surface area contributed by atoms with Crippen LogP contribution in [0.4, 0.5) is 0 Å². The molecule has 0 bridgehead atoms. The molecule has 1 saturated heterocycles. The van der Waals surface area contributed by atoms with Crippen LogP contribution in [0.5, 0.6) is 17.2 Å². The molecule has 10 nitrogen and oxygen atoms in total. The highest BCUT2D eigenvalue weighted by Crippen LogP contribution is 2.50. The van der Waals surface area contributed by atoms with Gasteiger partial charge < -0.3 is 19.1 Å². The van der Waals surface area contributed by atoms with Crippen molar-refractivity contribution >= 4 is 5.91 Å². The number of fused-ring (bicyclic) bond motifs is 2. The third-order valence-electron chi connectivity index (χ3n) is 7.54. The molecule has 0 unspecified atom stereocenters. The molecular formula is C26H30N6O4. The Kier molecular flexibility index (Phi) is 5.75. The number of aromatic nitrogens is 4. The minimum atomic E-state index is -0.269. The van der Waals surface area contributed by atoms with E-state index in [4.69, 9.17) is 14.2 Å². The maximum Gasteiger partial charge on any atom is 0.254 e. The van der Waals surface area contributed by atoms with E-state index >= 15 is 0 Å². The first-order valence-corrected chi connectivity index (χ1v) is 12.5. The van der Waals surface area contributed by atoms with E-state index in [9.17, 15) is 4.79 Å². The molecule has 10 heteroatoms. The second kappa shape index (κ2) is 9.09. The van der Waals surface area contributed by atoms with Crippen LogP contribution in [0.15, 0.2) is 30.3 Å². The van der Waals surface area contributed by atoms with Gasteiger partial charge >= 0.3 is 0 Å². The molecule has 6 rings (SSSR count). The Labute approximate surface area is 209 Å². The molecule has 0 spiro atoms. The Morgan fingerprint density at radius 1 is 1.17 bits per heavy atom. The van der Waals surface area contributed by atoms with E-state index in [-0.39, 0.29) is 24.8 Å².